The van der Waals surface area contributed by atoms with E-state index >= 15 is 0 Å². The van der Waals surface area contributed by atoms with Gasteiger partial charge in [0.25, 0.3) is 11.8 Å². The number of carbonyl (C=O) groups is 10. The summed E-state index contributed by atoms with van der Waals surface area (Å²) in [5.41, 5.74) is -2.11. The van der Waals surface area contributed by atoms with E-state index in [1.165, 1.54) is 12.2 Å². The molecule has 2 rings (SSSR count). The van der Waals surface area contributed by atoms with Crippen molar-refractivity contribution in [2.75, 3.05) is 59.8 Å². The van der Waals surface area contributed by atoms with Crippen LogP contribution in [0.15, 0.2) is 42.5 Å². The molecule has 0 aromatic heterocycles. The van der Waals surface area contributed by atoms with Crippen LogP contribution in [0.25, 0.3) is 0 Å². The number of carboxylic acid groups (broad SMARTS) is 1. The topological polar surface area (TPSA) is 306 Å². The van der Waals surface area contributed by atoms with Crippen molar-refractivity contribution in [2.24, 2.45) is 10.8 Å². The predicted octanol–water partition coefficient (Wildman–Crippen LogP) is -0.0135. The Morgan fingerprint density at radius 3 is 1.84 bits per heavy atom. The van der Waals surface area contributed by atoms with E-state index < -0.39 is 126 Å². The van der Waals surface area contributed by atoms with Crippen LogP contribution in [0, 0.1) is 10.8 Å². The smallest absolute Gasteiger partial charge is 0.329 e. The molecule has 0 unspecified atom stereocenters. The van der Waals surface area contributed by atoms with Gasteiger partial charge in [0, 0.05) is 50.6 Å². The molecule has 0 fully saturated rings. The van der Waals surface area contributed by atoms with Gasteiger partial charge in [0.2, 0.25) is 41.4 Å². The van der Waals surface area contributed by atoms with Crippen LogP contribution in [0.4, 0.5) is 0 Å². The number of hydrogen-bond acceptors (Lipinski definition) is 13. The minimum Gasteiger partial charge on any atom is -0.480 e. The summed E-state index contributed by atoms with van der Waals surface area (Å²) in [5, 5.41) is 26.2. The van der Waals surface area contributed by atoms with Gasteiger partial charge in [-0.3, -0.25) is 48.1 Å². The van der Waals surface area contributed by atoms with E-state index in [0.29, 0.717) is 31.4 Å². The highest BCUT2D eigenvalue weighted by Gasteiger charge is 2.36. The van der Waals surface area contributed by atoms with Gasteiger partial charge >= 0.3 is 5.97 Å². The molecular formula is C47H72N8O14. The summed E-state index contributed by atoms with van der Waals surface area (Å²) in [6, 6.07) is 6.19. The van der Waals surface area contributed by atoms with Crippen molar-refractivity contribution in [2.45, 2.75) is 117 Å². The van der Waals surface area contributed by atoms with Crippen LogP contribution < -0.4 is 37.2 Å². The molecule has 1 aromatic carbocycles. The first-order valence-electron chi connectivity index (χ1n) is 22.7. The monoisotopic (exact) mass is 973 g/mol. The summed E-state index contributed by atoms with van der Waals surface area (Å²) >= 11 is 0. The average molecular weight is 973 g/mol. The minimum atomic E-state index is -1.28. The van der Waals surface area contributed by atoms with E-state index in [0.717, 1.165) is 4.90 Å². The number of methoxy groups -OCH3 is 1. The molecule has 0 bridgehead atoms. The number of hydrogen-bond donors (Lipinski definition) is 8. The lowest BCUT2D eigenvalue weighted by molar-refractivity contribution is -0.143. The maximum atomic E-state index is 13.8. The first-order valence-corrected chi connectivity index (χ1v) is 22.7. The highest BCUT2D eigenvalue weighted by molar-refractivity contribution is 6.12. The number of carbonyl (C=O) groups excluding carboxylic acids is 9. The van der Waals surface area contributed by atoms with Gasteiger partial charge in [-0.1, -0.05) is 58.0 Å². The third kappa shape index (κ3) is 23.5. The van der Waals surface area contributed by atoms with Gasteiger partial charge in [-0.15, -0.1) is 0 Å². The lowest BCUT2D eigenvalue weighted by atomic mass is 9.78. The Labute approximate surface area is 403 Å². The van der Waals surface area contributed by atoms with Crippen LogP contribution in [0.2, 0.25) is 0 Å². The summed E-state index contributed by atoms with van der Waals surface area (Å²) in [6.07, 6.45) is 3.39. The Morgan fingerprint density at radius 2 is 1.25 bits per heavy atom. The van der Waals surface area contributed by atoms with Crippen LogP contribution >= 0.6 is 0 Å². The van der Waals surface area contributed by atoms with Crippen LogP contribution in [0.3, 0.4) is 0 Å². The number of nitrogens with zero attached hydrogens (tertiary/aromatic N) is 1. The van der Waals surface area contributed by atoms with Gasteiger partial charge in [0.05, 0.1) is 37.4 Å². The normalized spacial score (nSPS) is 13.8. The second-order valence-electron chi connectivity index (χ2n) is 19.3. The molecule has 22 heteroatoms. The Balaban J connectivity index is 2.07. The number of aliphatic carboxylic acids is 1. The Kier molecular flexibility index (Phi) is 23.6. The second kappa shape index (κ2) is 27.7. The predicted molar refractivity (Wildman–Crippen MR) is 250 cm³/mol. The molecule has 384 valence electrons. The van der Waals surface area contributed by atoms with Crippen molar-refractivity contribution in [3.8, 4) is 0 Å². The van der Waals surface area contributed by atoms with Gasteiger partial charge in [-0.2, -0.15) is 0 Å². The number of carboxylic acids is 1. The van der Waals surface area contributed by atoms with E-state index in [-0.39, 0.29) is 32.4 Å². The largest absolute Gasteiger partial charge is 0.480 e. The summed E-state index contributed by atoms with van der Waals surface area (Å²) in [5.74, 6) is -6.79. The average Bonchev–Trinajstić information content (AvgIpc) is 3.59. The first-order chi connectivity index (χ1) is 32.1. The quantitative estimate of drug-likeness (QED) is 0.0268. The maximum Gasteiger partial charge on any atom is 0.329 e. The zero-order valence-electron chi connectivity index (χ0n) is 41.3. The van der Waals surface area contributed by atoms with Crippen molar-refractivity contribution in [1.82, 2.24) is 42.1 Å². The van der Waals surface area contributed by atoms with Crippen LogP contribution in [-0.4, -0.2) is 152 Å². The van der Waals surface area contributed by atoms with E-state index in [2.05, 4.69) is 37.2 Å². The molecule has 1 aliphatic heterocycles. The van der Waals surface area contributed by atoms with E-state index in [4.69, 9.17) is 19.3 Å². The van der Waals surface area contributed by atoms with Crippen molar-refractivity contribution >= 4 is 59.1 Å². The second-order valence-corrected chi connectivity index (χ2v) is 19.3. The molecule has 1 aromatic rings. The van der Waals surface area contributed by atoms with Crippen LogP contribution in [0.1, 0.15) is 93.1 Å². The Morgan fingerprint density at radius 1 is 0.667 bits per heavy atom. The van der Waals surface area contributed by atoms with E-state index in [9.17, 15) is 47.9 Å². The van der Waals surface area contributed by atoms with Crippen molar-refractivity contribution in [3.63, 3.8) is 0 Å². The fourth-order valence-electron chi connectivity index (χ4n) is 6.34. The summed E-state index contributed by atoms with van der Waals surface area (Å²) in [4.78, 5) is 128. The molecule has 8 N–H and O–H groups in total. The third-order valence-electron chi connectivity index (χ3n) is 11.1. The molecule has 2 atom stereocenters. The molecule has 0 radical (unpaired) electrons. The molecule has 0 aliphatic carbocycles. The van der Waals surface area contributed by atoms with Gasteiger partial charge in [-0.05, 0) is 64.4 Å². The molecule has 69 heavy (non-hydrogen) atoms. The standard InChI is InChI=1S/C47H72N8O14/c1-44(2,29-55-38(60)17-18-39(55)61)19-20-45(3,4)43(66)54-32(15-16-34(56)51-28-47(7,8)69-22-21-46(5,6)67-9)41(64)49-24-35(57)48-26-37(59)53-33(23-31-13-11-10-12-14-31)42(65)50-25-36(58)52-30-68-27-40(62)63/h10-14,17-18,32-33H,15-16,19-30H2,1-9H3,(H,48,57)(H,49,64)(H,50,65)(H,51,56)(H,52,58)(H,53,59)(H,54,66)(H,62,63)/t32-,33-/m0/s1. The van der Waals surface area contributed by atoms with Gasteiger partial charge in [0.15, 0.2) is 0 Å². The number of rotatable bonds is 32. The molecule has 0 saturated heterocycles. The van der Waals surface area contributed by atoms with Crippen molar-refractivity contribution in [1.29, 1.82) is 0 Å². The van der Waals surface area contributed by atoms with Gasteiger partial charge < -0.3 is 56.5 Å². The molecule has 0 spiro atoms. The fraction of sp³-hybridized carbons (Fsp3) is 0.617. The summed E-state index contributed by atoms with van der Waals surface area (Å²) in [6.45, 7) is 12.4. The zero-order chi connectivity index (χ0) is 52.0. The summed E-state index contributed by atoms with van der Waals surface area (Å²) in [7, 11) is 1.61. The number of ether oxygens (including phenoxy) is 3. The number of imide groups is 1. The first kappa shape index (κ1) is 58.9. The zero-order valence-corrected chi connectivity index (χ0v) is 41.3. The van der Waals surface area contributed by atoms with Crippen LogP contribution in [-0.2, 0) is 68.6 Å². The Hall–Kier alpha value is -6.26. The molecule has 1 aliphatic rings. The SMILES string of the molecule is COC(C)(C)CCOC(C)(C)CNC(=O)CC[C@H](NC(=O)C(C)(C)CCC(C)(C)CN1C(=O)C=CC1=O)C(=O)NCC(=O)NCC(=O)N[C@@H](Cc1ccccc1)C(=O)NCC(=O)NCOCC(=O)O. The number of benzene rings is 1. The van der Waals surface area contributed by atoms with E-state index in [1.807, 2.05) is 41.5 Å². The molecular weight excluding hydrogens is 901 g/mol. The van der Waals surface area contributed by atoms with E-state index in [1.54, 1.807) is 51.3 Å². The molecule has 0 saturated carbocycles. The minimum absolute atomic E-state index is 0.0166. The van der Waals surface area contributed by atoms with Crippen molar-refractivity contribution < 1.29 is 67.3 Å². The number of nitrogens with one attached hydrogen (secondary N) is 7. The number of amides is 9. The maximum absolute atomic E-state index is 13.8. The fourth-order valence-corrected chi connectivity index (χ4v) is 6.34. The highest BCUT2D eigenvalue weighted by atomic mass is 16.5. The highest BCUT2D eigenvalue weighted by Crippen LogP contribution is 2.33. The van der Waals surface area contributed by atoms with Gasteiger partial charge in [0.1, 0.15) is 25.4 Å². The van der Waals surface area contributed by atoms with Gasteiger partial charge in [-0.25, -0.2) is 4.79 Å². The molecule has 9 amide bonds. The third-order valence-corrected chi connectivity index (χ3v) is 11.1. The molecule has 22 nitrogen and oxygen atoms in total. The lowest BCUT2D eigenvalue weighted by Gasteiger charge is -2.33. The Bertz CT molecular complexity index is 1990. The lowest BCUT2D eigenvalue weighted by Crippen LogP contribution is -2.53. The summed E-state index contributed by atoms with van der Waals surface area (Å²) < 4.78 is 16.2. The van der Waals surface area contributed by atoms with Crippen molar-refractivity contribution in [3.05, 3.63) is 48.0 Å². The molecule has 1 heterocycles. The van der Waals surface area contributed by atoms with Crippen LogP contribution in [0.5, 0.6) is 0 Å².